The van der Waals surface area contributed by atoms with Gasteiger partial charge >= 0.3 is 0 Å². The van der Waals surface area contributed by atoms with Crippen LogP contribution in [0.2, 0.25) is 10.0 Å². The van der Waals surface area contributed by atoms with Crippen molar-refractivity contribution in [1.82, 2.24) is 4.90 Å². The maximum absolute atomic E-state index is 12.3. The smallest absolute Gasteiger partial charge is 0.178 e. The maximum atomic E-state index is 12.3. The van der Waals surface area contributed by atoms with E-state index < -0.39 is 0 Å². The molecule has 1 aliphatic rings. The van der Waals surface area contributed by atoms with Crippen molar-refractivity contribution in [3.05, 3.63) is 33.8 Å². The summed E-state index contributed by atoms with van der Waals surface area (Å²) in [6.07, 6.45) is 2.31. The van der Waals surface area contributed by atoms with E-state index >= 15 is 0 Å². The van der Waals surface area contributed by atoms with E-state index in [9.17, 15) is 4.79 Å². The van der Waals surface area contributed by atoms with Crippen LogP contribution in [-0.4, -0.2) is 43.5 Å². The first-order chi connectivity index (χ1) is 9.11. The Hall–Kier alpha value is -0.610. The van der Waals surface area contributed by atoms with Crippen LogP contribution in [0.5, 0.6) is 0 Å². The molecular weight excluding hydrogens is 285 g/mol. The fraction of sp³-hybridized carbons (Fsp3) is 0.500. The van der Waals surface area contributed by atoms with E-state index in [0.717, 1.165) is 19.4 Å². The molecule has 0 bridgehead atoms. The molecule has 1 fully saturated rings. The van der Waals surface area contributed by atoms with Crippen LogP contribution in [0, 0.1) is 0 Å². The maximum Gasteiger partial charge on any atom is 0.178 e. The Morgan fingerprint density at radius 2 is 2.16 bits per heavy atom. The van der Waals surface area contributed by atoms with Gasteiger partial charge in [0, 0.05) is 30.3 Å². The molecule has 0 N–H and O–H groups in total. The van der Waals surface area contributed by atoms with Crippen molar-refractivity contribution < 1.29 is 9.53 Å². The van der Waals surface area contributed by atoms with Crippen molar-refractivity contribution in [3.8, 4) is 0 Å². The summed E-state index contributed by atoms with van der Waals surface area (Å²) in [5.74, 6) is 0.00973. The van der Waals surface area contributed by atoms with Crippen LogP contribution in [0.4, 0.5) is 0 Å². The Kier molecular flexibility index (Phi) is 5.22. The number of nitrogens with zero attached hydrogens (tertiary/aromatic N) is 1. The lowest BCUT2D eigenvalue weighted by Gasteiger charge is -2.20. The van der Waals surface area contributed by atoms with E-state index in [4.69, 9.17) is 27.9 Å². The molecule has 0 radical (unpaired) electrons. The first kappa shape index (κ1) is 14.8. The average molecular weight is 302 g/mol. The van der Waals surface area contributed by atoms with Crippen LogP contribution in [0.1, 0.15) is 23.2 Å². The minimum absolute atomic E-state index is 0.00973. The Morgan fingerprint density at radius 1 is 1.42 bits per heavy atom. The zero-order chi connectivity index (χ0) is 13.8. The Labute approximate surface area is 123 Å². The van der Waals surface area contributed by atoms with Gasteiger partial charge in [-0.15, -0.1) is 0 Å². The van der Waals surface area contributed by atoms with E-state index in [1.165, 1.54) is 0 Å². The van der Waals surface area contributed by atoms with Crippen LogP contribution in [-0.2, 0) is 4.74 Å². The predicted molar refractivity (Wildman–Crippen MR) is 77.3 cm³/mol. The highest BCUT2D eigenvalue weighted by molar-refractivity contribution is 6.36. The van der Waals surface area contributed by atoms with Crippen LogP contribution in [0.3, 0.4) is 0 Å². The van der Waals surface area contributed by atoms with Crippen molar-refractivity contribution in [2.24, 2.45) is 0 Å². The van der Waals surface area contributed by atoms with Gasteiger partial charge in [-0.05, 0) is 31.0 Å². The largest absolute Gasteiger partial charge is 0.383 e. The second kappa shape index (κ2) is 6.71. The SMILES string of the molecule is COCCN(CC(=O)c1cc(Cl)ccc1Cl)C1CC1. The summed E-state index contributed by atoms with van der Waals surface area (Å²) in [5, 5.41) is 0.986. The molecule has 0 aliphatic heterocycles. The molecule has 104 valence electrons. The zero-order valence-electron chi connectivity index (χ0n) is 10.9. The second-order valence-corrected chi connectivity index (χ2v) is 5.59. The number of Topliss-reactive ketones (excluding diaryl/α,β-unsaturated/α-hetero) is 1. The molecule has 1 aromatic rings. The molecule has 0 unspecified atom stereocenters. The molecule has 1 aliphatic carbocycles. The third-order valence-corrected chi connectivity index (χ3v) is 3.79. The number of hydrogen-bond acceptors (Lipinski definition) is 3. The number of carbonyl (C=O) groups is 1. The van der Waals surface area contributed by atoms with Gasteiger partial charge in [0.25, 0.3) is 0 Å². The molecule has 0 atom stereocenters. The van der Waals surface area contributed by atoms with Crippen molar-refractivity contribution >= 4 is 29.0 Å². The number of ether oxygens (including phenoxy) is 1. The number of carbonyl (C=O) groups excluding carboxylic acids is 1. The minimum Gasteiger partial charge on any atom is -0.383 e. The number of methoxy groups -OCH3 is 1. The molecule has 5 heteroatoms. The molecule has 19 heavy (non-hydrogen) atoms. The van der Waals surface area contributed by atoms with E-state index in [2.05, 4.69) is 4.90 Å². The third kappa shape index (κ3) is 4.18. The van der Waals surface area contributed by atoms with E-state index in [-0.39, 0.29) is 5.78 Å². The van der Waals surface area contributed by atoms with Crippen LogP contribution < -0.4 is 0 Å². The van der Waals surface area contributed by atoms with Gasteiger partial charge in [-0.2, -0.15) is 0 Å². The van der Waals surface area contributed by atoms with E-state index in [1.54, 1.807) is 25.3 Å². The Morgan fingerprint density at radius 3 is 2.79 bits per heavy atom. The Balaban J connectivity index is 2.03. The fourth-order valence-corrected chi connectivity index (χ4v) is 2.41. The van der Waals surface area contributed by atoms with E-state index in [0.29, 0.717) is 34.8 Å². The molecule has 0 amide bonds. The highest BCUT2D eigenvalue weighted by Crippen LogP contribution is 2.27. The van der Waals surface area contributed by atoms with Gasteiger partial charge in [0.2, 0.25) is 0 Å². The van der Waals surface area contributed by atoms with Gasteiger partial charge < -0.3 is 4.74 Å². The minimum atomic E-state index is 0.00973. The molecule has 1 aromatic carbocycles. The van der Waals surface area contributed by atoms with Crippen LogP contribution >= 0.6 is 23.2 Å². The summed E-state index contributed by atoms with van der Waals surface area (Å²) in [7, 11) is 1.67. The first-order valence-electron chi connectivity index (χ1n) is 6.33. The van der Waals surface area contributed by atoms with Gasteiger partial charge in [-0.25, -0.2) is 0 Å². The predicted octanol–water partition coefficient (Wildman–Crippen LogP) is 3.29. The van der Waals surface area contributed by atoms with E-state index in [1.807, 2.05) is 0 Å². The summed E-state index contributed by atoms with van der Waals surface area (Å²) in [5.41, 5.74) is 0.497. The lowest BCUT2D eigenvalue weighted by atomic mass is 10.1. The molecule has 2 rings (SSSR count). The summed E-state index contributed by atoms with van der Waals surface area (Å²) in [4.78, 5) is 14.5. The molecule has 0 saturated heterocycles. The molecule has 0 spiro atoms. The van der Waals surface area contributed by atoms with Crippen LogP contribution in [0.15, 0.2) is 18.2 Å². The lowest BCUT2D eigenvalue weighted by molar-refractivity contribution is 0.0886. The third-order valence-electron chi connectivity index (χ3n) is 3.22. The van der Waals surface area contributed by atoms with Gasteiger partial charge in [-0.3, -0.25) is 9.69 Å². The van der Waals surface area contributed by atoms with Crippen molar-refractivity contribution in [1.29, 1.82) is 0 Å². The van der Waals surface area contributed by atoms with Crippen LogP contribution in [0.25, 0.3) is 0 Å². The molecular formula is C14H17Cl2NO2. The highest BCUT2D eigenvalue weighted by Gasteiger charge is 2.30. The standard InChI is InChI=1S/C14H17Cl2NO2/c1-19-7-6-17(11-3-4-11)9-14(18)12-8-10(15)2-5-13(12)16/h2,5,8,11H,3-4,6-7,9H2,1H3. The fourth-order valence-electron chi connectivity index (χ4n) is 2.02. The summed E-state index contributed by atoms with van der Waals surface area (Å²) in [6.45, 7) is 1.77. The molecule has 1 saturated carbocycles. The number of ketones is 1. The zero-order valence-corrected chi connectivity index (χ0v) is 12.4. The molecule has 3 nitrogen and oxygen atoms in total. The summed E-state index contributed by atoms with van der Waals surface area (Å²) in [6, 6.07) is 5.49. The number of benzene rings is 1. The average Bonchev–Trinajstić information content (AvgIpc) is 3.21. The Bertz CT molecular complexity index is 461. The van der Waals surface area contributed by atoms with Crippen molar-refractivity contribution in [2.75, 3.05) is 26.8 Å². The van der Waals surface area contributed by atoms with Crippen molar-refractivity contribution in [3.63, 3.8) is 0 Å². The number of hydrogen-bond donors (Lipinski definition) is 0. The first-order valence-corrected chi connectivity index (χ1v) is 7.08. The van der Waals surface area contributed by atoms with Gasteiger partial charge in [0.05, 0.1) is 18.2 Å². The lowest BCUT2D eigenvalue weighted by Crippen LogP contribution is -2.34. The topological polar surface area (TPSA) is 29.5 Å². The molecule has 0 aromatic heterocycles. The number of rotatable bonds is 7. The van der Waals surface area contributed by atoms with Gasteiger partial charge in [0.15, 0.2) is 5.78 Å². The monoisotopic (exact) mass is 301 g/mol. The summed E-state index contributed by atoms with van der Waals surface area (Å²) < 4.78 is 5.08. The van der Waals surface area contributed by atoms with Crippen molar-refractivity contribution in [2.45, 2.75) is 18.9 Å². The van der Waals surface area contributed by atoms with Gasteiger partial charge in [-0.1, -0.05) is 23.2 Å². The summed E-state index contributed by atoms with van der Waals surface area (Å²) >= 11 is 12.0. The normalized spacial score (nSPS) is 14.9. The highest BCUT2D eigenvalue weighted by atomic mass is 35.5. The molecule has 0 heterocycles. The quantitative estimate of drug-likeness (QED) is 0.724. The van der Waals surface area contributed by atoms with Gasteiger partial charge in [0.1, 0.15) is 0 Å². The number of halogens is 2. The second-order valence-electron chi connectivity index (χ2n) is 4.74.